The topological polar surface area (TPSA) is 69.8 Å². The first-order valence-electron chi connectivity index (χ1n) is 12.8. The third-order valence-corrected chi connectivity index (χ3v) is 7.45. The maximum atomic E-state index is 13.7. The van der Waals surface area contributed by atoms with Crippen LogP contribution in [-0.2, 0) is 25.9 Å². The van der Waals surface area contributed by atoms with Crippen LogP contribution in [0.2, 0.25) is 0 Å². The summed E-state index contributed by atoms with van der Waals surface area (Å²) in [5.74, 6) is -0.481. The van der Waals surface area contributed by atoms with Crippen LogP contribution < -0.4 is 0 Å². The van der Waals surface area contributed by atoms with Crippen molar-refractivity contribution in [3.05, 3.63) is 131 Å². The Morgan fingerprint density at radius 3 is 1.45 bits per heavy atom. The van der Waals surface area contributed by atoms with E-state index < -0.39 is 0 Å². The van der Waals surface area contributed by atoms with Gasteiger partial charge < -0.3 is 9.13 Å². The number of rotatable bonds is 6. The molecule has 2 aromatic heterocycles. The second-order valence-electron chi connectivity index (χ2n) is 9.79. The first kappa shape index (κ1) is 22.4. The van der Waals surface area contributed by atoms with Gasteiger partial charge in [-0.15, -0.1) is 0 Å². The highest BCUT2D eigenvalue weighted by Gasteiger charge is 2.37. The highest BCUT2D eigenvalue weighted by molar-refractivity contribution is 6.25. The third-order valence-electron chi connectivity index (χ3n) is 7.45. The second-order valence-corrected chi connectivity index (χ2v) is 9.79. The monoisotopic (exact) mass is 496 g/mol. The Hall–Kier alpha value is -4.84. The fraction of sp³-hybridized carbons (Fsp3) is 0.125. The summed E-state index contributed by atoms with van der Waals surface area (Å²) >= 11 is 0. The van der Waals surface area contributed by atoms with Gasteiger partial charge in [-0.2, -0.15) is 0 Å². The molecule has 0 unspecified atom stereocenters. The Morgan fingerprint density at radius 2 is 0.974 bits per heavy atom. The molecule has 1 aliphatic rings. The zero-order chi connectivity index (χ0) is 25.6. The van der Waals surface area contributed by atoms with Gasteiger partial charge in [-0.25, -0.2) is 9.97 Å². The number of aryl methyl sites for hydroxylation is 4. The molecule has 0 saturated carbocycles. The van der Waals surface area contributed by atoms with E-state index in [0.29, 0.717) is 24.5 Å². The molecular formula is C32H24N4O2. The molecule has 2 heterocycles. The van der Waals surface area contributed by atoms with E-state index >= 15 is 0 Å². The molecule has 6 aromatic rings. The average molecular weight is 497 g/mol. The molecule has 6 nitrogen and oxygen atoms in total. The molecule has 0 spiro atoms. The van der Waals surface area contributed by atoms with Gasteiger partial charge in [0.05, 0.1) is 12.7 Å². The van der Waals surface area contributed by atoms with E-state index in [9.17, 15) is 9.59 Å². The van der Waals surface area contributed by atoms with Gasteiger partial charge in [0.1, 0.15) is 22.8 Å². The molecule has 0 fully saturated rings. The van der Waals surface area contributed by atoms with Crippen LogP contribution in [0.3, 0.4) is 0 Å². The molecule has 0 amide bonds. The van der Waals surface area contributed by atoms with Crippen LogP contribution in [0.15, 0.2) is 97.6 Å². The summed E-state index contributed by atoms with van der Waals surface area (Å²) in [5.41, 5.74) is 3.44. The van der Waals surface area contributed by atoms with Crippen molar-refractivity contribution in [3.63, 3.8) is 0 Å². The number of imidazole rings is 2. The quantitative estimate of drug-likeness (QED) is 0.298. The van der Waals surface area contributed by atoms with Crippen LogP contribution in [0.1, 0.15) is 43.5 Å². The number of carbonyl (C=O) groups excluding carboxylic acids is 2. The van der Waals surface area contributed by atoms with Gasteiger partial charge >= 0.3 is 0 Å². The summed E-state index contributed by atoms with van der Waals surface area (Å²) in [6.07, 6.45) is 4.66. The Balaban J connectivity index is 1.14. The number of hydrogen-bond acceptors (Lipinski definition) is 4. The predicted octanol–water partition coefficient (Wildman–Crippen LogP) is 5.65. The summed E-state index contributed by atoms with van der Waals surface area (Å²) in [5, 5.41) is 4.76. The van der Waals surface area contributed by atoms with E-state index in [0.717, 1.165) is 12.8 Å². The number of carbonyl (C=O) groups is 2. The summed E-state index contributed by atoms with van der Waals surface area (Å²) in [6.45, 7) is 1.11. The number of benzene rings is 4. The second kappa shape index (κ2) is 8.92. The lowest BCUT2D eigenvalue weighted by molar-refractivity contribution is 0.0962. The Morgan fingerprint density at radius 1 is 0.526 bits per heavy atom. The molecule has 0 radical (unpaired) electrons. The van der Waals surface area contributed by atoms with Crippen molar-refractivity contribution < 1.29 is 9.59 Å². The summed E-state index contributed by atoms with van der Waals surface area (Å²) in [7, 11) is 0. The number of aromatic nitrogens is 4. The highest BCUT2D eigenvalue weighted by Crippen LogP contribution is 2.27. The molecule has 38 heavy (non-hydrogen) atoms. The predicted molar refractivity (Wildman–Crippen MR) is 147 cm³/mol. The normalized spacial score (nSPS) is 12.7. The molecule has 0 saturated heterocycles. The van der Waals surface area contributed by atoms with E-state index in [1.165, 1.54) is 32.7 Å². The van der Waals surface area contributed by atoms with Crippen LogP contribution in [0.5, 0.6) is 0 Å². The number of ketones is 2. The van der Waals surface area contributed by atoms with E-state index in [2.05, 4.69) is 70.6 Å². The molecule has 0 atom stereocenters. The SMILES string of the molecule is O=C1c2ncn(CCc3ccc4ccccc4c3)c2C(=O)c2c1ncn2CCc1ccc2ccccc2c1. The van der Waals surface area contributed by atoms with Gasteiger partial charge in [0.15, 0.2) is 0 Å². The lowest BCUT2D eigenvalue weighted by atomic mass is 9.98. The largest absolute Gasteiger partial charge is 0.327 e. The van der Waals surface area contributed by atoms with Crippen molar-refractivity contribution in [1.82, 2.24) is 19.1 Å². The minimum Gasteiger partial charge on any atom is -0.327 e. The first-order chi connectivity index (χ1) is 18.7. The Kier molecular flexibility index (Phi) is 5.25. The highest BCUT2D eigenvalue weighted by atomic mass is 16.1. The number of nitrogens with zero attached hydrogens (tertiary/aromatic N) is 4. The fourth-order valence-electron chi connectivity index (χ4n) is 5.42. The van der Waals surface area contributed by atoms with Gasteiger partial charge in [0, 0.05) is 13.1 Å². The van der Waals surface area contributed by atoms with Crippen molar-refractivity contribution in [2.24, 2.45) is 0 Å². The van der Waals surface area contributed by atoms with Gasteiger partial charge in [-0.3, -0.25) is 9.59 Å². The summed E-state index contributed by atoms with van der Waals surface area (Å²) in [6, 6.07) is 29.3. The van der Waals surface area contributed by atoms with Crippen LogP contribution in [0.4, 0.5) is 0 Å². The van der Waals surface area contributed by atoms with Crippen molar-refractivity contribution in [3.8, 4) is 0 Å². The van der Waals surface area contributed by atoms with Crippen LogP contribution in [0.25, 0.3) is 21.5 Å². The third kappa shape index (κ3) is 3.73. The smallest absolute Gasteiger partial charge is 0.234 e. The molecule has 0 N–H and O–H groups in total. The molecule has 6 heteroatoms. The Bertz CT molecular complexity index is 1740. The minimum absolute atomic E-state index is 0.193. The maximum Gasteiger partial charge on any atom is 0.234 e. The number of hydrogen-bond donors (Lipinski definition) is 0. The van der Waals surface area contributed by atoms with Crippen molar-refractivity contribution in [2.75, 3.05) is 0 Å². The van der Waals surface area contributed by atoms with Crippen LogP contribution in [-0.4, -0.2) is 30.7 Å². The van der Waals surface area contributed by atoms with Crippen molar-refractivity contribution in [2.45, 2.75) is 25.9 Å². The van der Waals surface area contributed by atoms with Gasteiger partial charge in [0.2, 0.25) is 11.6 Å². The standard InChI is InChI=1S/C32H24N4O2/c37-31-27-29(35(19-33-27)15-13-21-9-11-23-5-1-3-7-25(23)17-21)32(38)30-28(31)34-20-36(30)16-14-22-10-12-24-6-2-4-8-26(24)18-22/h1-12,17-20H,13-16H2. The van der Waals surface area contributed by atoms with Crippen molar-refractivity contribution >= 4 is 33.1 Å². The lowest BCUT2D eigenvalue weighted by Gasteiger charge is -2.15. The van der Waals surface area contributed by atoms with E-state index in [1.807, 2.05) is 33.4 Å². The van der Waals surface area contributed by atoms with E-state index in [-0.39, 0.29) is 23.0 Å². The molecule has 184 valence electrons. The van der Waals surface area contributed by atoms with Gasteiger partial charge in [-0.1, -0.05) is 84.9 Å². The Labute approximate surface area is 219 Å². The molecule has 7 rings (SSSR count). The number of fused-ring (bicyclic) bond motifs is 4. The van der Waals surface area contributed by atoms with Crippen LogP contribution in [0, 0.1) is 0 Å². The lowest BCUT2D eigenvalue weighted by Crippen LogP contribution is -2.26. The van der Waals surface area contributed by atoms with Crippen LogP contribution >= 0.6 is 0 Å². The van der Waals surface area contributed by atoms with Crippen molar-refractivity contribution in [1.29, 1.82) is 0 Å². The minimum atomic E-state index is -0.288. The van der Waals surface area contributed by atoms with E-state index in [1.54, 1.807) is 12.7 Å². The zero-order valence-corrected chi connectivity index (χ0v) is 20.7. The maximum absolute atomic E-state index is 13.7. The molecule has 0 aliphatic heterocycles. The fourth-order valence-corrected chi connectivity index (χ4v) is 5.42. The molecule has 0 bridgehead atoms. The zero-order valence-electron chi connectivity index (χ0n) is 20.7. The molecular weight excluding hydrogens is 472 g/mol. The first-order valence-corrected chi connectivity index (χ1v) is 12.8. The molecule has 1 aliphatic carbocycles. The van der Waals surface area contributed by atoms with E-state index in [4.69, 9.17) is 0 Å². The average Bonchev–Trinajstić information content (AvgIpc) is 3.59. The molecule has 4 aromatic carbocycles. The van der Waals surface area contributed by atoms with Gasteiger partial charge in [-0.05, 0) is 45.5 Å². The summed E-state index contributed by atoms with van der Waals surface area (Å²) in [4.78, 5) is 35.6. The summed E-state index contributed by atoms with van der Waals surface area (Å²) < 4.78 is 3.63. The van der Waals surface area contributed by atoms with Gasteiger partial charge in [0.25, 0.3) is 0 Å².